The Bertz CT molecular complexity index is 864. The van der Waals surface area contributed by atoms with E-state index in [0.717, 1.165) is 10.0 Å². The summed E-state index contributed by atoms with van der Waals surface area (Å²) in [5.41, 5.74) is 5.41. The number of amides is 2. The molecule has 0 aliphatic heterocycles. The van der Waals surface area contributed by atoms with Crippen LogP contribution in [0.25, 0.3) is 0 Å². The third-order valence-electron chi connectivity index (χ3n) is 3.88. The summed E-state index contributed by atoms with van der Waals surface area (Å²) >= 11 is 3.45. The van der Waals surface area contributed by atoms with Gasteiger partial charge in [0, 0.05) is 10.0 Å². The summed E-state index contributed by atoms with van der Waals surface area (Å²) in [4.78, 5) is 23.9. The van der Waals surface area contributed by atoms with Gasteiger partial charge in [-0.25, -0.2) is 0 Å². The second-order valence-corrected chi connectivity index (χ2v) is 8.13. The third kappa shape index (κ3) is 6.98. The second kappa shape index (κ2) is 10.2. The molecular formula is C21H25BrN2O5. The first kappa shape index (κ1) is 22.5. The van der Waals surface area contributed by atoms with E-state index in [1.165, 1.54) is 7.11 Å². The van der Waals surface area contributed by atoms with Gasteiger partial charge < -0.3 is 14.2 Å². The van der Waals surface area contributed by atoms with Gasteiger partial charge in [-0.3, -0.25) is 20.4 Å². The Balaban J connectivity index is 1.81. The molecule has 0 aromatic heterocycles. The van der Waals surface area contributed by atoms with Gasteiger partial charge in [0.25, 0.3) is 11.8 Å². The molecule has 0 spiro atoms. The van der Waals surface area contributed by atoms with Crippen molar-refractivity contribution in [3.05, 3.63) is 52.5 Å². The van der Waals surface area contributed by atoms with Gasteiger partial charge in [0.05, 0.1) is 7.11 Å². The molecule has 156 valence electrons. The van der Waals surface area contributed by atoms with Crippen molar-refractivity contribution in [1.29, 1.82) is 0 Å². The van der Waals surface area contributed by atoms with Crippen LogP contribution in [0, 0.1) is 0 Å². The zero-order valence-electron chi connectivity index (χ0n) is 16.9. The van der Waals surface area contributed by atoms with Gasteiger partial charge >= 0.3 is 0 Å². The van der Waals surface area contributed by atoms with Crippen LogP contribution in [0.5, 0.6) is 17.2 Å². The summed E-state index contributed by atoms with van der Waals surface area (Å²) in [6.45, 7) is 5.66. The Hall–Kier alpha value is -2.74. The fraction of sp³-hybridized carbons (Fsp3) is 0.333. The predicted octanol–water partition coefficient (Wildman–Crippen LogP) is 3.36. The second-order valence-electron chi connectivity index (χ2n) is 7.22. The fourth-order valence-corrected chi connectivity index (χ4v) is 2.81. The van der Waals surface area contributed by atoms with E-state index in [4.69, 9.17) is 14.2 Å². The van der Waals surface area contributed by atoms with Crippen molar-refractivity contribution in [3.63, 3.8) is 0 Å². The van der Waals surface area contributed by atoms with Crippen molar-refractivity contribution in [3.8, 4) is 17.2 Å². The molecule has 0 unspecified atom stereocenters. The Kier molecular flexibility index (Phi) is 7.90. The Morgan fingerprint density at radius 3 is 2.00 bits per heavy atom. The first-order valence-corrected chi connectivity index (χ1v) is 9.76. The van der Waals surface area contributed by atoms with Gasteiger partial charge in [0.2, 0.25) is 0 Å². The average Bonchev–Trinajstić information content (AvgIpc) is 2.69. The largest absolute Gasteiger partial charge is 0.493 e. The van der Waals surface area contributed by atoms with Crippen LogP contribution < -0.4 is 25.1 Å². The van der Waals surface area contributed by atoms with E-state index in [2.05, 4.69) is 47.6 Å². The highest BCUT2D eigenvalue weighted by Gasteiger charge is 2.20. The topological polar surface area (TPSA) is 85.9 Å². The maximum atomic E-state index is 12.0. The summed E-state index contributed by atoms with van der Waals surface area (Å²) in [7, 11) is 1.51. The molecule has 2 amide bonds. The molecule has 29 heavy (non-hydrogen) atoms. The number of benzene rings is 2. The smallest absolute Gasteiger partial charge is 0.276 e. The van der Waals surface area contributed by atoms with Crippen molar-refractivity contribution >= 4 is 27.7 Å². The normalized spacial score (nSPS) is 10.8. The number of hydrazine groups is 1. The molecule has 0 saturated carbocycles. The Labute approximate surface area is 178 Å². The molecule has 0 aliphatic rings. The van der Waals surface area contributed by atoms with E-state index >= 15 is 0 Å². The number of nitrogens with one attached hydrogen (secondary N) is 2. The molecule has 7 nitrogen and oxygen atoms in total. The van der Waals surface area contributed by atoms with Crippen LogP contribution in [0.2, 0.25) is 0 Å². The zero-order chi connectivity index (χ0) is 21.4. The minimum absolute atomic E-state index is 0.153. The lowest BCUT2D eigenvalue weighted by molar-refractivity contribution is -0.131. The molecular weight excluding hydrogens is 440 g/mol. The molecule has 2 aromatic rings. The molecule has 0 aliphatic carbocycles. The number of carbonyl (C=O) groups is 2. The lowest BCUT2D eigenvalue weighted by Gasteiger charge is -2.23. The molecule has 0 atom stereocenters. The molecule has 8 heteroatoms. The first-order chi connectivity index (χ1) is 13.7. The van der Waals surface area contributed by atoms with Crippen molar-refractivity contribution in [1.82, 2.24) is 10.9 Å². The molecule has 0 saturated heterocycles. The lowest BCUT2D eigenvalue weighted by atomic mass is 9.86. The first-order valence-electron chi connectivity index (χ1n) is 8.97. The number of halogens is 1. The monoisotopic (exact) mass is 464 g/mol. The van der Waals surface area contributed by atoms with Crippen LogP contribution >= 0.6 is 15.9 Å². The number of ether oxygens (including phenoxy) is 3. The quantitative estimate of drug-likeness (QED) is 0.613. The summed E-state index contributed by atoms with van der Waals surface area (Å²) in [6, 6.07) is 12.6. The summed E-state index contributed by atoms with van der Waals surface area (Å²) in [5, 5.41) is 0. The molecule has 0 radical (unpaired) electrons. The highest BCUT2D eigenvalue weighted by Crippen LogP contribution is 2.33. The molecule has 2 aromatic carbocycles. The van der Waals surface area contributed by atoms with Gasteiger partial charge in [0.1, 0.15) is 5.75 Å². The number of hydrogen-bond acceptors (Lipinski definition) is 5. The zero-order valence-corrected chi connectivity index (χ0v) is 18.5. The van der Waals surface area contributed by atoms with Crippen LogP contribution in [0.15, 0.2) is 46.9 Å². The third-order valence-corrected chi connectivity index (χ3v) is 4.37. The van der Waals surface area contributed by atoms with Crippen molar-refractivity contribution in [2.75, 3.05) is 20.3 Å². The number of rotatable bonds is 7. The van der Waals surface area contributed by atoms with Crippen molar-refractivity contribution in [2.45, 2.75) is 26.2 Å². The number of carbonyl (C=O) groups excluding carboxylic acids is 2. The molecule has 0 fully saturated rings. The number of methoxy groups -OCH3 is 1. The van der Waals surface area contributed by atoms with Gasteiger partial charge in [-0.2, -0.15) is 0 Å². The Morgan fingerprint density at radius 1 is 0.897 bits per heavy atom. The maximum absolute atomic E-state index is 12.0. The van der Waals surface area contributed by atoms with Gasteiger partial charge in [-0.1, -0.05) is 48.8 Å². The van der Waals surface area contributed by atoms with Crippen LogP contribution in [-0.4, -0.2) is 32.1 Å². The molecule has 2 N–H and O–H groups in total. The van der Waals surface area contributed by atoms with E-state index in [9.17, 15) is 9.59 Å². The van der Waals surface area contributed by atoms with Crippen LogP contribution in [0.3, 0.4) is 0 Å². The van der Waals surface area contributed by atoms with E-state index in [1.54, 1.807) is 30.3 Å². The highest BCUT2D eigenvalue weighted by molar-refractivity contribution is 9.10. The van der Waals surface area contributed by atoms with Gasteiger partial charge in [0.15, 0.2) is 24.7 Å². The number of para-hydroxylation sites is 2. The SMILES string of the molecule is COc1ccccc1OCC(=O)NNC(=O)COc1ccc(Br)cc1C(C)(C)C. The van der Waals surface area contributed by atoms with Crippen LogP contribution in [0.1, 0.15) is 26.3 Å². The molecule has 0 bridgehead atoms. The van der Waals surface area contributed by atoms with Gasteiger partial charge in [-0.15, -0.1) is 0 Å². The minimum atomic E-state index is -0.511. The van der Waals surface area contributed by atoms with E-state index in [-0.39, 0.29) is 18.6 Å². The van der Waals surface area contributed by atoms with E-state index in [1.807, 2.05) is 12.1 Å². The predicted molar refractivity (Wildman–Crippen MR) is 113 cm³/mol. The summed E-state index contributed by atoms with van der Waals surface area (Å²) in [6.07, 6.45) is 0. The molecule has 0 heterocycles. The minimum Gasteiger partial charge on any atom is -0.493 e. The Morgan fingerprint density at radius 2 is 1.45 bits per heavy atom. The van der Waals surface area contributed by atoms with Gasteiger partial charge in [-0.05, 0) is 35.7 Å². The summed E-state index contributed by atoms with van der Waals surface area (Å²) in [5.74, 6) is 0.565. The molecule has 2 rings (SSSR count). The number of hydrogen-bond donors (Lipinski definition) is 2. The average molecular weight is 465 g/mol. The van der Waals surface area contributed by atoms with Crippen molar-refractivity contribution in [2.24, 2.45) is 0 Å². The summed E-state index contributed by atoms with van der Waals surface area (Å²) < 4.78 is 17.1. The maximum Gasteiger partial charge on any atom is 0.276 e. The van der Waals surface area contributed by atoms with E-state index < -0.39 is 11.8 Å². The fourth-order valence-electron chi connectivity index (χ4n) is 2.45. The van der Waals surface area contributed by atoms with Crippen molar-refractivity contribution < 1.29 is 23.8 Å². The van der Waals surface area contributed by atoms with E-state index in [0.29, 0.717) is 17.2 Å². The highest BCUT2D eigenvalue weighted by atomic mass is 79.9. The lowest BCUT2D eigenvalue weighted by Crippen LogP contribution is -2.45. The van der Waals surface area contributed by atoms with Crippen LogP contribution in [-0.2, 0) is 15.0 Å². The standard InChI is InChI=1S/C21H25BrN2O5/c1-21(2,3)15-11-14(22)9-10-16(15)28-12-19(25)23-24-20(26)13-29-18-8-6-5-7-17(18)27-4/h5-11H,12-13H2,1-4H3,(H,23,25)(H,24,26). The van der Waals surface area contributed by atoms with Crippen LogP contribution in [0.4, 0.5) is 0 Å².